The number of nitrogens with one attached hydrogen (secondary N) is 1. The molecule has 104 valence electrons. The Labute approximate surface area is 116 Å². The second-order valence-electron chi connectivity index (χ2n) is 4.96. The summed E-state index contributed by atoms with van der Waals surface area (Å²) in [6.07, 6.45) is 6.53. The smallest absolute Gasteiger partial charge is 0.225 e. The maximum atomic E-state index is 12.1. The Kier molecular flexibility index (Phi) is 3.41. The van der Waals surface area contributed by atoms with Crippen molar-refractivity contribution in [1.82, 2.24) is 30.0 Å². The lowest BCUT2D eigenvalue weighted by atomic mass is 9.99. The average Bonchev–Trinajstić information content (AvgIpc) is 2.93. The van der Waals surface area contributed by atoms with E-state index in [9.17, 15) is 4.79 Å². The summed E-state index contributed by atoms with van der Waals surface area (Å²) in [5.41, 5.74) is 1.63. The van der Waals surface area contributed by atoms with Gasteiger partial charge in [0, 0.05) is 12.6 Å². The fourth-order valence-electron chi connectivity index (χ4n) is 2.28. The average molecular weight is 272 g/mol. The molecule has 2 aromatic heterocycles. The van der Waals surface area contributed by atoms with Crippen LogP contribution in [0.15, 0.2) is 18.7 Å². The van der Waals surface area contributed by atoms with Crippen LogP contribution in [0.25, 0.3) is 0 Å². The van der Waals surface area contributed by atoms with Crippen molar-refractivity contribution in [2.75, 3.05) is 0 Å². The molecule has 1 atom stereocenters. The number of aromatic nitrogens is 5. The zero-order valence-electron chi connectivity index (χ0n) is 11.3. The van der Waals surface area contributed by atoms with Crippen molar-refractivity contribution in [1.29, 1.82) is 0 Å². The van der Waals surface area contributed by atoms with Crippen molar-refractivity contribution in [3.8, 4) is 0 Å². The standard InChI is InChI=1S/C13H16N6O/c1-9-4-15-11(5-14-9)6-16-13(20)10-2-3-12-17-8-18-19(12)7-10/h4-5,8,10H,2-3,6-7H2,1H3,(H,16,20). The molecule has 3 rings (SSSR count). The number of carbonyl (C=O) groups is 1. The summed E-state index contributed by atoms with van der Waals surface area (Å²) < 4.78 is 1.80. The maximum absolute atomic E-state index is 12.1. The lowest BCUT2D eigenvalue weighted by molar-refractivity contribution is -0.126. The van der Waals surface area contributed by atoms with Gasteiger partial charge in [-0.3, -0.25) is 14.8 Å². The van der Waals surface area contributed by atoms with E-state index in [1.807, 2.05) is 6.92 Å². The quantitative estimate of drug-likeness (QED) is 0.866. The van der Waals surface area contributed by atoms with E-state index in [2.05, 4.69) is 25.4 Å². The minimum absolute atomic E-state index is 0.0357. The van der Waals surface area contributed by atoms with Gasteiger partial charge in [-0.15, -0.1) is 0 Å². The van der Waals surface area contributed by atoms with Crippen LogP contribution in [0.4, 0.5) is 0 Å². The lowest BCUT2D eigenvalue weighted by Gasteiger charge is -2.21. The Hall–Kier alpha value is -2.31. The Morgan fingerprint density at radius 2 is 2.30 bits per heavy atom. The van der Waals surface area contributed by atoms with Crippen LogP contribution in [-0.4, -0.2) is 30.6 Å². The van der Waals surface area contributed by atoms with Crippen LogP contribution < -0.4 is 5.32 Å². The predicted molar refractivity (Wildman–Crippen MR) is 70.4 cm³/mol. The number of carbonyl (C=O) groups excluding carboxylic acids is 1. The van der Waals surface area contributed by atoms with E-state index in [1.54, 1.807) is 17.1 Å². The highest BCUT2D eigenvalue weighted by Gasteiger charge is 2.25. The summed E-state index contributed by atoms with van der Waals surface area (Å²) in [5.74, 6) is 0.939. The normalized spacial score (nSPS) is 17.6. The lowest BCUT2D eigenvalue weighted by Crippen LogP contribution is -2.36. The number of hydrogen-bond acceptors (Lipinski definition) is 5. The number of fused-ring (bicyclic) bond motifs is 1. The van der Waals surface area contributed by atoms with Gasteiger partial charge in [0.2, 0.25) is 5.91 Å². The van der Waals surface area contributed by atoms with Crippen molar-refractivity contribution in [3.05, 3.63) is 35.9 Å². The monoisotopic (exact) mass is 272 g/mol. The van der Waals surface area contributed by atoms with Crippen molar-refractivity contribution in [2.24, 2.45) is 5.92 Å². The highest BCUT2D eigenvalue weighted by Crippen LogP contribution is 2.17. The summed E-state index contributed by atoms with van der Waals surface area (Å²) in [4.78, 5) is 24.7. The summed E-state index contributed by atoms with van der Waals surface area (Å²) in [7, 11) is 0. The molecule has 0 saturated carbocycles. The molecule has 0 radical (unpaired) electrons. The molecule has 0 aliphatic carbocycles. The first-order valence-corrected chi connectivity index (χ1v) is 6.64. The third kappa shape index (κ3) is 2.66. The molecule has 1 aliphatic heterocycles. The molecule has 1 N–H and O–H groups in total. The minimum atomic E-state index is -0.0531. The fraction of sp³-hybridized carbons (Fsp3) is 0.462. The zero-order valence-corrected chi connectivity index (χ0v) is 11.3. The van der Waals surface area contributed by atoms with Crippen LogP contribution >= 0.6 is 0 Å². The van der Waals surface area contributed by atoms with Gasteiger partial charge in [-0.05, 0) is 13.3 Å². The number of rotatable bonds is 3. The first kappa shape index (κ1) is 12.7. The van der Waals surface area contributed by atoms with Gasteiger partial charge in [-0.25, -0.2) is 9.67 Å². The van der Waals surface area contributed by atoms with Crippen LogP contribution in [-0.2, 0) is 24.3 Å². The highest BCUT2D eigenvalue weighted by molar-refractivity contribution is 5.78. The number of aryl methyl sites for hydroxylation is 2. The number of amides is 1. The highest BCUT2D eigenvalue weighted by atomic mass is 16.1. The van der Waals surface area contributed by atoms with Crippen LogP contribution in [0, 0.1) is 12.8 Å². The van der Waals surface area contributed by atoms with E-state index in [0.717, 1.165) is 30.1 Å². The molecule has 0 aromatic carbocycles. The van der Waals surface area contributed by atoms with Crippen molar-refractivity contribution in [2.45, 2.75) is 32.9 Å². The third-order valence-electron chi connectivity index (χ3n) is 3.45. The molecule has 20 heavy (non-hydrogen) atoms. The van der Waals surface area contributed by atoms with Crippen LogP contribution in [0.5, 0.6) is 0 Å². The van der Waals surface area contributed by atoms with Gasteiger partial charge < -0.3 is 5.32 Å². The van der Waals surface area contributed by atoms with Crippen LogP contribution in [0.2, 0.25) is 0 Å². The van der Waals surface area contributed by atoms with Gasteiger partial charge in [0.1, 0.15) is 12.2 Å². The molecule has 1 unspecified atom stereocenters. The molecular weight excluding hydrogens is 256 g/mol. The van der Waals surface area contributed by atoms with Gasteiger partial charge in [0.15, 0.2) is 0 Å². The fourth-order valence-corrected chi connectivity index (χ4v) is 2.28. The van der Waals surface area contributed by atoms with Gasteiger partial charge in [0.05, 0.1) is 36.6 Å². The summed E-state index contributed by atoms with van der Waals surface area (Å²) >= 11 is 0. The second-order valence-corrected chi connectivity index (χ2v) is 4.96. The molecular formula is C13H16N6O. The molecule has 2 aromatic rings. The summed E-state index contributed by atoms with van der Waals surface area (Å²) in [6.45, 7) is 2.89. The molecule has 3 heterocycles. The van der Waals surface area contributed by atoms with Crippen molar-refractivity contribution >= 4 is 5.91 Å². The first-order valence-electron chi connectivity index (χ1n) is 6.64. The molecule has 0 bridgehead atoms. The molecule has 7 nitrogen and oxygen atoms in total. The van der Waals surface area contributed by atoms with Crippen LogP contribution in [0.1, 0.15) is 23.6 Å². The molecule has 7 heteroatoms. The Bertz CT molecular complexity index is 606. The summed E-state index contributed by atoms with van der Waals surface area (Å²) in [6, 6.07) is 0. The van der Waals surface area contributed by atoms with E-state index in [1.165, 1.54) is 6.33 Å². The van der Waals surface area contributed by atoms with E-state index < -0.39 is 0 Å². The maximum Gasteiger partial charge on any atom is 0.225 e. The number of hydrogen-bond donors (Lipinski definition) is 1. The van der Waals surface area contributed by atoms with Crippen LogP contribution in [0.3, 0.4) is 0 Å². The van der Waals surface area contributed by atoms with Gasteiger partial charge in [0.25, 0.3) is 0 Å². The zero-order chi connectivity index (χ0) is 13.9. The Balaban J connectivity index is 1.56. The topological polar surface area (TPSA) is 85.6 Å². The van der Waals surface area contributed by atoms with E-state index in [4.69, 9.17) is 0 Å². The van der Waals surface area contributed by atoms with Gasteiger partial charge >= 0.3 is 0 Å². The molecule has 0 saturated heterocycles. The Morgan fingerprint density at radius 3 is 3.10 bits per heavy atom. The largest absolute Gasteiger partial charge is 0.350 e. The molecule has 0 fully saturated rings. The summed E-state index contributed by atoms with van der Waals surface area (Å²) in [5, 5.41) is 7.03. The SMILES string of the molecule is Cc1cnc(CNC(=O)C2CCc3ncnn3C2)cn1. The minimum Gasteiger partial charge on any atom is -0.350 e. The third-order valence-corrected chi connectivity index (χ3v) is 3.45. The predicted octanol–water partition coefficient (Wildman–Crippen LogP) is 0.255. The molecule has 0 spiro atoms. The van der Waals surface area contributed by atoms with E-state index in [0.29, 0.717) is 13.1 Å². The van der Waals surface area contributed by atoms with Gasteiger partial charge in [-0.1, -0.05) is 0 Å². The van der Waals surface area contributed by atoms with Crippen molar-refractivity contribution in [3.63, 3.8) is 0 Å². The van der Waals surface area contributed by atoms with E-state index in [-0.39, 0.29) is 11.8 Å². The van der Waals surface area contributed by atoms with Crippen molar-refractivity contribution < 1.29 is 4.79 Å². The van der Waals surface area contributed by atoms with Gasteiger partial charge in [-0.2, -0.15) is 5.10 Å². The second kappa shape index (κ2) is 5.36. The number of nitrogens with zero attached hydrogens (tertiary/aromatic N) is 5. The Morgan fingerprint density at radius 1 is 1.40 bits per heavy atom. The first-order chi connectivity index (χ1) is 9.72. The molecule has 1 amide bonds. The van der Waals surface area contributed by atoms with E-state index >= 15 is 0 Å². The molecule has 1 aliphatic rings.